The molecule has 110 valence electrons. The number of likely N-dealkylation sites (tertiary alicyclic amines) is 1. The van der Waals surface area contributed by atoms with Crippen molar-refractivity contribution in [2.45, 2.75) is 38.3 Å². The number of hydrogen-bond donors (Lipinski definition) is 1. The Kier molecular flexibility index (Phi) is 4.16. The Hall–Kier alpha value is -0.830. The van der Waals surface area contributed by atoms with Crippen LogP contribution in [0.1, 0.15) is 25.3 Å². The molecule has 0 amide bonds. The third-order valence-corrected chi connectivity index (χ3v) is 4.92. The summed E-state index contributed by atoms with van der Waals surface area (Å²) >= 11 is 0. The molecule has 2 heterocycles. The number of piperidine rings is 1. The summed E-state index contributed by atoms with van der Waals surface area (Å²) in [6.07, 6.45) is 2.79. The SMILES string of the molecule is C[C@@H]1[C@@H](O)CCCN1CCc1cc2c(cc1P)OCO2. The number of rotatable bonds is 3. The highest BCUT2D eigenvalue weighted by atomic mass is 31.0. The minimum atomic E-state index is -0.184. The Labute approximate surface area is 122 Å². The Morgan fingerprint density at radius 1 is 1.35 bits per heavy atom. The van der Waals surface area contributed by atoms with E-state index in [1.807, 2.05) is 6.07 Å². The predicted octanol–water partition coefficient (Wildman–Crippen LogP) is 1.30. The number of benzene rings is 1. The minimum absolute atomic E-state index is 0.184. The molecule has 0 bridgehead atoms. The molecule has 1 fully saturated rings. The first kappa shape index (κ1) is 14.1. The van der Waals surface area contributed by atoms with Gasteiger partial charge in [-0.2, -0.15) is 0 Å². The molecule has 4 nitrogen and oxygen atoms in total. The summed E-state index contributed by atoms with van der Waals surface area (Å²) in [5, 5.41) is 11.1. The van der Waals surface area contributed by atoms with E-state index in [1.165, 1.54) is 10.9 Å². The van der Waals surface area contributed by atoms with E-state index in [1.54, 1.807) is 0 Å². The van der Waals surface area contributed by atoms with Gasteiger partial charge in [-0.1, -0.05) is 0 Å². The highest BCUT2D eigenvalue weighted by Gasteiger charge is 2.26. The maximum absolute atomic E-state index is 9.94. The Bertz CT molecular complexity index is 494. The van der Waals surface area contributed by atoms with Crippen molar-refractivity contribution in [2.24, 2.45) is 0 Å². The standard InChI is InChI=1S/C15H22NO3P/c1-10-12(17)3-2-5-16(10)6-4-11-7-13-14(8-15(11)20)19-9-18-13/h7-8,10,12,17H,2-6,9,20H2,1H3/t10-,12+/m1/s1. The summed E-state index contributed by atoms with van der Waals surface area (Å²) < 4.78 is 10.8. The molecular formula is C15H22NO3P. The van der Waals surface area contributed by atoms with Crippen molar-refractivity contribution in [2.75, 3.05) is 19.9 Å². The summed E-state index contributed by atoms with van der Waals surface area (Å²) in [5.74, 6) is 1.68. The molecule has 3 rings (SSSR count). The number of aliphatic hydroxyl groups is 1. The molecule has 0 aromatic heterocycles. The average molecular weight is 295 g/mol. The van der Waals surface area contributed by atoms with E-state index in [0.717, 1.165) is 43.9 Å². The van der Waals surface area contributed by atoms with Crippen molar-refractivity contribution in [3.8, 4) is 11.5 Å². The van der Waals surface area contributed by atoms with Crippen LogP contribution in [0.4, 0.5) is 0 Å². The van der Waals surface area contributed by atoms with Crippen LogP contribution in [0.2, 0.25) is 0 Å². The zero-order valence-electron chi connectivity index (χ0n) is 11.8. The lowest BCUT2D eigenvalue weighted by Crippen LogP contribution is -2.47. The van der Waals surface area contributed by atoms with Crippen molar-refractivity contribution in [1.82, 2.24) is 4.90 Å². The number of nitrogens with zero attached hydrogens (tertiary/aromatic N) is 1. The number of ether oxygens (including phenoxy) is 2. The lowest BCUT2D eigenvalue weighted by Gasteiger charge is -2.37. The van der Waals surface area contributed by atoms with E-state index in [4.69, 9.17) is 9.47 Å². The van der Waals surface area contributed by atoms with Crippen LogP contribution in [0.15, 0.2) is 12.1 Å². The molecule has 1 unspecified atom stereocenters. The molecule has 0 spiro atoms. The fourth-order valence-electron chi connectivity index (χ4n) is 2.99. The maximum Gasteiger partial charge on any atom is 0.231 e. The van der Waals surface area contributed by atoms with Crippen LogP contribution in [-0.2, 0) is 6.42 Å². The van der Waals surface area contributed by atoms with E-state index in [9.17, 15) is 5.11 Å². The van der Waals surface area contributed by atoms with Crippen molar-refractivity contribution in [3.05, 3.63) is 17.7 Å². The third-order valence-electron chi connectivity index (χ3n) is 4.38. The zero-order valence-corrected chi connectivity index (χ0v) is 13.0. The summed E-state index contributed by atoms with van der Waals surface area (Å²) in [6.45, 7) is 4.48. The van der Waals surface area contributed by atoms with Crippen molar-refractivity contribution in [1.29, 1.82) is 0 Å². The number of hydrogen-bond acceptors (Lipinski definition) is 4. The molecule has 0 radical (unpaired) electrons. The van der Waals surface area contributed by atoms with Gasteiger partial charge in [-0.25, -0.2) is 0 Å². The van der Waals surface area contributed by atoms with Crippen LogP contribution in [0, 0.1) is 0 Å². The highest BCUT2D eigenvalue weighted by Crippen LogP contribution is 2.32. The number of aliphatic hydroxyl groups excluding tert-OH is 1. The molecule has 3 atom stereocenters. The van der Waals surface area contributed by atoms with E-state index < -0.39 is 0 Å². The Balaban J connectivity index is 1.66. The van der Waals surface area contributed by atoms with Crippen LogP contribution in [0.3, 0.4) is 0 Å². The largest absolute Gasteiger partial charge is 0.454 e. The minimum Gasteiger partial charge on any atom is -0.454 e. The second-order valence-electron chi connectivity index (χ2n) is 5.64. The molecule has 2 aliphatic rings. The van der Waals surface area contributed by atoms with Gasteiger partial charge in [0.05, 0.1) is 6.10 Å². The smallest absolute Gasteiger partial charge is 0.231 e. The first-order chi connectivity index (χ1) is 9.65. The molecule has 5 heteroatoms. The number of fused-ring (bicyclic) bond motifs is 1. The van der Waals surface area contributed by atoms with E-state index in [-0.39, 0.29) is 12.1 Å². The third kappa shape index (κ3) is 2.78. The maximum atomic E-state index is 9.94. The average Bonchev–Trinajstić information content (AvgIpc) is 2.87. The molecule has 1 N–H and O–H groups in total. The normalized spacial score (nSPS) is 25.9. The quantitative estimate of drug-likeness (QED) is 0.854. The van der Waals surface area contributed by atoms with Crippen molar-refractivity contribution in [3.63, 3.8) is 0 Å². The lowest BCUT2D eigenvalue weighted by atomic mass is 9.99. The van der Waals surface area contributed by atoms with Gasteiger partial charge >= 0.3 is 0 Å². The van der Waals surface area contributed by atoms with Crippen LogP contribution in [-0.4, -0.2) is 42.0 Å². The first-order valence-corrected chi connectivity index (χ1v) is 7.83. The van der Waals surface area contributed by atoms with Crippen molar-refractivity contribution >= 4 is 14.5 Å². The first-order valence-electron chi connectivity index (χ1n) is 7.25. The van der Waals surface area contributed by atoms with Gasteiger partial charge in [0.2, 0.25) is 6.79 Å². The molecule has 1 aromatic carbocycles. The molecule has 1 saturated heterocycles. The summed E-state index contributed by atoms with van der Waals surface area (Å²) in [7, 11) is 2.78. The summed E-state index contributed by atoms with van der Waals surface area (Å²) in [4.78, 5) is 2.38. The molecule has 2 aliphatic heterocycles. The molecule has 0 aliphatic carbocycles. The van der Waals surface area contributed by atoms with Gasteiger partial charge < -0.3 is 14.6 Å². The van der Waals surface area contributed by atoms with E-state index in [2.05, 4.69) is 27.1 Å². The molecule has 0 saturated carbocycles. The zero-order chi connectivity index (χ0) is 14.1. The second kappa shape index (κ2) is 5.88. The Morgan fingerprint density at radius 3 is 2.90 bits per heavy atom. The van der Waals surface area contributed by atoms with E-state index >= 15 is 0 Å². The van der Waals surface area contributed by atoms with Crippen LogP contribution >= 0.6 is 9.24 Å². The second-order valence-corrected chi connectivity index (χ2v) is 6.26. The highest BCUT2D eigenvalue weighted by molar-refractivity contribution is 7.27. The van der Waals surface area contributed by atoms with E-state index in [0.29, 0.717) is 6.79 Å². The topological polar surface area (TPSA) is 41.9 Å². The molecule has 20 heavy (non-hydrogen) atoms. The van der Waals surface area contributed by atoms with Gasteiger partial charge in [0.25, 0.3) is 0 Å². The van der Waals surface area contributed by atoms with Gasteiger partial charge in [0.15, 0.2) is 11.5 Å². The lowest BCUT2D eigenvalue weighted by molar-refractivity contribution is 0.0207. The van der Waals surface area contributed by atoms with Crippen LogP contribution in [0.25, 0.3) is 0 Å². The summed E-state index contributed by atoms with van der Waals surface area (Å²) in [6, 6.07) is 4.36. The molecule has 1 aromatic rings. The van der Waals surface area contributed by atoms with Crippen molar-refractivity contribution < 1.29 is 14.6 Å². The molecular weight excluding hydrogens is 273 g/mol. The van der Waals surface area contributed by atoms with Gasteiger partial charge in [-0.15, -0.1) is 9.24 Å². The van der Waals surface area contributed by atoms with Crippen LogP contribution in [0.5, 0.6) is 11.5 Å². The fourth-order valence-corrected chi connectivity index (χ4v) is 3.37. The van der Waals surface area contributed by atoms with Gasteiger partial charge in [-0.05, 0) is 55.7 Å². The van der Waals surface area contributed by atoms with Gasteiger partial charge in [0, 0.05) is 12.6 Å². The summed E-state index contributed by atoms with van der Waals surface area (Å²) in [5.41, 5.74) is 1.27. The fraction of sp³-hybridized carbons (Fsp3) is 0.600. The van der Waals surface area contributed by atoms with Gasteiger partial charge in [-0.3, -0.25) is 4.90 Å². The Morgan fingerprint density at radius 2 is 2.10 bits per heavy atom. The predicted molar refractivity (Wildman–Crippen MR) is 81.9 cm³/mol. The van der Waals surface area contributed by atoms with Gasteiger partial charge in [0.1, 0.15) is 0 Å². The van der Waals surface area contributed by atoms with Crippen LogP contribution < -0.4 is 14.8 Å². The monoisotopic (exact) mass is 295 g/mol.